The third-order valence-electron chi connectivity index (χ3n) is 2.59. The molecule has 4 heteroatoms. The van der Waals surface area contributed by atoms with Crippen LogP contribution in [0.1, 0.15) is 13.3 Å². The Bertz CT molecular complexity index is 195. The van der Waals surface area contributed by atoms with Crippen LogP contribution in [-0.2, 0) is 9.53 Å². The molecule has 0 aromatic rings. The maximum absolute atomic E-state index is 11.3. The molecule has 0 saturated carbocycles. The molecule has 0 aromatic heterocycles. The molecule has 4 nitrogen and oxygen atoms in total. The van der Waals surface area contributed by atoms with Gasteiger partial charge in [-0.05, 0) is 14.0 Å². The van der Waals surface area contributed by atoms with Crippen LogP contribution in [0.4, 0.5) is 0 Å². The van der Waals surface area contributed by atoms with Crippen molar-refractivity contribution < 1.29 is 14.6 Å². The number of hydrogen-bond donors (Lipinski definition) is 1. The van der Waals surface area contributed by atoms with Gasteiger partial charge in [0, 0.05) is 13.0 Å². The number of methoxy groups -OCH3 is 1. The molecule has 70 valence electrons. The van der Waals surface area contributed by atoms with Gasteiger partial charge in [-0.15, -0.1) is 0 Å². The molecule has 1 aliphatic rings. The molecule has 1 aliphatic heterocycles. The zero-order valence-corrected chi connectivity index (χ0v) is 7.70. The number of aliphatic hydroxyl groups excluding tert-OH is 1. The van der Waals surface area contributed by atoms with Crippen LogP contribution in [0, 0.1) is 0 Å². The van der Waals surface area contributed by atoms with E-state index >= 15 is 0 Å². The number of likely N-dealkylation sites (N-methyl/N-ethyl adjacent to an activating group) is 1. The first-order valence-corrected chi connectivity index (χ1v) is 3.98. The van der Waals surface area contributed by atoms with E-state index in [1.54, 1.807) is 6.92 Å². The predicted octanol–water partition coefficient (Wildman–Crippen LogP) is -0.386. The first kappa shape index (κ1) is 9.48. The van der Waals surface area contributed by atoms with Crippen LogP contribution in [0.2, 0.25) is 0 Å². The Labute approximate surface area is 72.1 Å². The third-order valence-corrected chi connectivity index (χ3v) is 2.59. The Hall–Kier alpha value is -0.610. The van der Waals surface area contributed by atoms with Gasteiger partial charge < -0.3 is 9.84 Å². The zero-order valence-electron chi connectivity index (χ0n) is 7.70. The van der Waals surface area contributed by atoms with Gasteiger partial charge in [0.1, 0.15) is 5.54 Å². The van der Waals surface area contributed by atoms with Crippen molar-refractivity contribution in [3.63, 3.8) is 0 Å². The highest BCUT2D eigenvalue weighted by atomic mass is 16.5. The second-order valence-corrected chi connectivity index (χ2v) is 3.50. The van der Waals surface area contributed by atoms with Crippen LogP contribution in [-0.4, -0.2) is 48.3 Å². The first-order chi connectivity index (χ1) is 5.50. The number of ether oxygens (including phenoxy) is 1. The van der Waals surface area contributed by atoms with Gasteiger partial charge in [0.25, 0.3) is 0 Å². The van der Waals surface area contributed by atoms with Gasteiger partial charge in [0.05, 0.1) is 13.2 Å². The molecule has 0 bridgehead atoms. The molecule has 0 spiro atoms. The Morgan fingerprint density at radius 3 is 2.67 bits per heavy atom. The lowest BCUT2D eigenvalue weighted by Crippen LogP contribution is -2.46. The van der Waals surface area contributed by atoms with Gasteiger partial charge in [-0.1, -0.05) is 0 Å². The van der Waals surface area contributed by atoms with Crippen molar-refractivity contribution in [2.45, 2.75) is 25.0 Å². The highest BCUT2D eigenvalue weighted by Crippen LogP contribution is 2.28. The van der Waals surface area contributed by atoms with Crippen molar-refractivity contribution in [1.82, 2.24) is 4.90 Å². The maximum atomic E-state index is 11.3. The summed E-state index contributed by atoms with van der Waals surface area (Å²) < 4.78 is 4.66. The molecule has 1 unspecified atom stereocenters. The molecule has 0 radical (unpaired) electrons. The summed E-state index contributed by atoms with van der Waals surface area (Å²) in [6.45, 7) is 2.32. The first-order valence-electron chi connectivity index (χ1n) is 3.98. The van der Waals surface area contributed by atoms with E-state index in [-0.39, 0.29) is 5.97 Å². The van der Waals surface area contributed by atoms with E-state index in [2.05, 4.69) is 4.74 Å². The number of β-amino-alcohol motifs (C(OH)–C–C–N with tert-alkyl or cyclic N) is 1. The summed E-state index contributed by atoms with van der Waals surface area (Å²) in [6, 6.07) is 0. The van der Waals surface area contributed by atoms with Crippen molar-refractivity contribution >= 4 is 5.97 Å². The Morgan fingerprint density at radius 2 is 2.33 bits per heavy atom. The number of carbonyl (C=O) groups excluding carboxylic acids is 1. The van der Waals surface area contributed by atoms with Crippen LogP contribution in [0.25, 0.3) is 0 Å². The SMILES string of the molecule is COC(=O)[C@]1(C)CC(O)CN1C. The summed E-state index contributed by atoms with van der Waals surface area (Å²) >= 11 is 0. The molecule has 0 aliphatic carbocycles. The van der Waals surface area contributed by atoms with Crippen LogP contribution < -0.4 is 0 Å². The van der Waals surface area contributed by atoms with Gasteiger partial charge in [-0.2, -0.15) is 0 Å². The van der Waals surface area contributed by atoms with E-state index in [1.165, 1.54) is 7.11 Å². The molecule has 1 heterocycles. The molecule has 1 rings (SSSR count). The number of hydrogen-bond acceptors (Lipinski definition) is 4. The van der Waals surface area contributed by atoms with E-state index in [4.69, 9.17) is 0 Å². The van der Waals surface area contributed by atoms with Crippen LogP contribution in [0.5, 0.6) is 0 Å². The molecule has 2 atom stereocenters. The van der Waals surface area contributed by atoms with Gasteiger partial charge >= 0.3 is 5.97 Å². The second kappa shape index (κ2) is 3.03. The Balaban J connectivity index is 2.77. The summed E-state index contributed by atoms with van der Waals surface area (Å²) in [5.74, 6) is -0.276. The number of nitrogens with zero attached hydrogens (tertiary/aromatic N) is 1. The molecule has 1 fully saturated rings. The number of aliphatic hydroxyl groups is 1. The minimum atomic E-state index is -0.645. The van der Waals surface area contributed by atoms with Gasteiger partial charge in [-0.3, -0.25) is 9.69 Å². The fraction of sp³-hybridized carbons (Fsp3) is 0.875. The van der Waals surface area contributed by atoms with E-state index in [0.29, 0.717) is 13.0 Å². The standard InChI is InChI=1S/C8H15NO3/c1-8(7(11)12-3)4-6(10)5-9(8)2/h6,10H,4-5H2,1-3H3/t6?,8-/m0/s1. The second-order valence-electron chi connectivity index (χ2n) is 3.50. The molecule has 0 amide bonds. The van der Waals surface area contributed by atoms with E-state index < -0.39 is 11.6 Å². The van der Waals surface area contributed by atoms with Crippen LogP contribution >= 0.6 is 0 Å². The molecule has 1 saturated heterocycles. The monoisotopic (exact) mass is 173 g/mol. The quantitative estimate of drug-likeness (QED) is 0.549. The maximum Gasteiger partial charge on any atom is 0.326 e. The average Bonchev–Trinajstić information content (AvgIpc) is 2.26. The zero-order chi connectivity index (χ0) is 9.35. The van der Waals surface area contributed by atoms with Crippen LogP contribution in [0.15, 0.2) is 0 Å². The van der Waals surface area contributed by atoms with Crippen molar-refractivity contribution in [2.24, 2.45) is 0 Å². The molecule has 1 N–H and O–H groups in total. The fourth-order valence-corrected chi connectivity index (χ4v) is 1.66. The summed E-state index contributed by atoms with van der Waals surface area (Å²) in [6.07, 6.45) is 0.0370. The number of carbonyl (C=O) groups is 1. The number of likely N-dealkylation sites (tertiary alicyclic amines) is 1. The van der Waals surface area contributed by atoms with Crippen molar-refractivity contribution in [3.8, 4) is 0 Å². The molecule has 12 heavy (non-hydrogen) atoms. The topological polar surface area (TPSA) is 49.8 Å². The Morgan fingerprint density at radius 1 is 1.75 bits per heavy atom. The van der Waals surface area contributed by atoms with Gasteiger partial charge in [0.15, 0.2) is 0 Å². The number of esters is 1. The molecular formula is C8H15NO3. The summed E-state index contributed by atoms with van der Waals surface area (Å²) in [7, 11) is 3.18. The lowest BCUT2D eigenvalue weighted by atomic mass is 9.99. The summed E-state index contributed by atoms with van der Waals surface area (Å²) in [5, 5.41) is 9.33. The summed E-state index contributed by atoms with van der Waals surface area (Å²) in [5.41, 5.74) is -0.645. The largest absolute Gasteiger partial charge is 0.468 e. The minimum absolute atomic E-state index is 0.276. The minimum Gasteiger partial charge on any atom is -0.468 e. The van der Waals surface area contributed by atoms with Crippen molar-refractivity contribution in [3.05, 3.63) is 0 Å². The Kier molecular flexibility index (Phi) is 2.39. The lowest BCUT2D eigenvalue weighted by Gasteiger charge is -2.28. The highest BCUT2D eigenvalue weighted by molar-refractivity contribution is 5.80. The normalized spacial score (nSPS) is 36.8. The highest BCUT2D eigenvalue weighted by Gasteiger charge is 2.46. The lowest BCUT2D eigenvalue weighted by molar-refractivity contribution is -0.151. The summed E-state index contributed by atoms with van der Waals surface area (Å²) in [4.78, 5) is 13.1. The van der Waals surface area contributed by atoms with Crippen molar-refractivity contribution in [2.75, 3.05) is 20.7 Å². The smallest absolute Gasteiger partial charge is 0.326 e. The molecule has 0 aromatic carbocycles. The molecular weight excluding hydrogens is 158 g/mol. The van der Waals surface area contributed by atoms with E-state index in [9.17, 15) is 9.90 Å². The number of rotatable bonds is 1. The van der Waals surface area contributed by atoms with E-state index in [0.717, 1.165) is 0 Å². The van der Waals surface area contributed by atoms with E-state index in [1.807, 2.05) is 11.9 Å². The predicted molar refractivity (Wildman–Crippen MR) is 43.7 cm³/mol. The van der Waals surface area contributed by atoms with Crippen molar-refractivity contribution in [1.29, 1.82) is 0 Å². The third kappa shape index (κ3) is 1.32. The average molecular weight is 173 g/mol. The van der Waals surface area contributed by atoms with Crippen LogP contribution in [0.3, 0.4) is 0 Å². The fourth-order valence-electron chi connectivity index (χ4n) is 1.66. The van der Waals surface area contributed by atoms with Gasteiger partial charge in [0.2, 0.25) is 0 Å². The van der Waals surface area contributed by atoms with Gasteiger partial charge in [-0.25, -0.2) is 0 Å².